The first kappa shape index (κ1) is 18.3. The quantitative estimate of drug-likeness (QED) is 0.622. The molecule has 0 amide bonds. The fourth-order valence-electron chi connectivity index (χ4n) is 4.19. The number of morpholine rings is 1. The molecule has 3 aromatic rings. The zero-order chi connectivity index (χ0) is 19.6. The van der Waals surface area contributed by atoms with E-state index in [1.165, 1.54) is 5.69 Å². The summed E-state index contributed by atoms with van der Waals surface area (Å²) in [4.78, 5) is 15.4. The number of aliphatic hydroxyl groups excluding tert-OH is 1. The number of ether oxygens (including phenoxy) is 1. The van der Waals surface area contributed by atoms with Gasteiger partial charge in [-0.25, -0.2) is 4.98 Å². The molecule has 0 aliphatic carbocycles. The zero-order valence-corrected chi connectivity index (χ0v) is 16.2. The molecule has 3 heterocycles. The number of aliphatic hydroxyl groups is 1. The van der Waals surface area contributed by atoms with E-state index in [4.69, 9.17) is 9.72 Å². The van der Waals surface area contributed by atoms with E-state index in [-0.39, 0.29) is 18.6 Å². The molecule has 5 rings (SSSR count). The maximum Gasteiger partial charge on any atom is 0.117 e. The summed E-state index contributed by atoms with van der Waals surface area (Å²) < 4.78 is 5.46. The molecule has 150 valence electrons. The first-order valence-electron chi connectivity index (χ1n) is 10.1. The van der Waals surface area contributed by atoms with Crippen molar-refractivity contribution < 1.29 is 9.84 Å². The number of anilines is 1. The second-order valence-electron chi connectivity index (χ2n) is 7.44. The van der Waals surface area contributed by atoms with Gasteiger partial charge in [0.1, 0.15) is 5.82 Å². The molecule has 7 heteroatoms. The van der Waals surface area contributed by atoms with Gasteiger partial charge in [-0.1, -0.05) is 18.2 Å². The highest BCUT2D eigenvalue weighted by molar-refractivity contribution is 5.82. The Kier molecular flexibility index (Phi) is 5.01. The van der Waals surface area contributed by atoms with Gasteiger partial charge < -0.3 is 25.0 Å². The van der Waals surface area contributed by atoms with E-state index in [1.807, 2.05) is 24.4 Å². The van der Waals surface area contributed by atoms with Crippen molar-refractivity contribution in [2.45, 2.75) is 12.0 Å². The van der Waals surface area contributed by atoms with Crippen LogP contribution in [0.3, 0.4) is 0 Å². The van der Waals surface area contributed by atoms with E-state index in [0.717, 1.165) is 54.4 Å². The van der Waals surface area contributed by atoms with Gasteiger partial charge in [0.05, 0.1) is 42.5 Å². The fourth-order valence-corrected chi connectivity index (χ4v) is 4.19. The third-order valence-electron chi connectivity index (χ3n) is 5.66. The summed E-state index contributed by atoms with van der Waals surface area (Å²) in [7, 11) is 0. The second-order valence-corrected chi connectivity index (χ2v) is 7.44. The van der Waals surface area contributed by atoms with Crippen LogP contribution in [0.4, 0.5) is 11.4 Å². The van der Waals surface area contributed by atoms with Crippen LogP contribution >= 0.6 is 0 Å². The average molecular weight is 391 g/mol. The van der Waals surface area contributed by atoms with Crippen LogP contribution in [-0.4, -0.2) is 60.7 Å². The summed E-state index contributed by atoms with van der Waals surface area (Å²) in [5.74, 6) is 0.850. The van der Waals surface area contributed by atoms with Gasteiger partial charge in [-0.05, 0) is 29.8 Å². The lowest BCUT2D eigenvalue weighted by Crippen LogP contribution is -2.36. The Morgan fingerprint density at radius 2 is 2.03 bits per heavy atom. The highest BCUT2D eigenvalue weighted by Gasteiger charge is 2.30. The van der Waals surface area contributed by atoms with Crippen LogP contribution in [0, 0.1) is 0 Å². The third-order valence-corrected chi connectivity index (χ3v) is 5.66. The number of nitrogens with zero attached hydrogens (tertiary/aromatic N) is 3. The Bertz CT molecular complexity index is 1020. The molecule has 1 saturated heterocycles. The minimum Gasteiger partial charge on any atom is -0.395 e. The lowest BCUT2D eigenvalue weighted by Gasteiger charge is -2.28. The molecule has 1 aromatic heterocycles. The van der Waals surface area contributed by atoms with E-state index < -0.39 is 0 Å². The molecule has 2 atom stereocenters. The van der Waals surface area contributed by atoms with Crippen LogP contribution in [0.1, 0.15) is 23.3 Å². The second kappa shape index (κ2) is 7.94. The maximum atomic E-state index is 9.34. The Morgan fingerprint density at radius 1 is 1.17 bits per heavy atom. The van der Waals surface area contributed by atoms with Crippen LogP contribution in [-0.2, 0) is 4.74 Å². The van der Waals surface area contributed by atoms with Gasteiger partial charge in [-0.3, -0.25) is 4.99 Å². The first-order valence-corrected chi connectivity index (χ1v) is 10.1. The van der Waals surface area contributed by atoms with Crippen molar-refractivity contribution in [2.75, 3.05) is 44.4 Å². The molecular weight excluding hydrogens is 366 g/mol. The number of benzene rings is 2. The largest absolute Gasteiger partial charge is 0.395 e. The lowest BCUT2D eigenvalue weighted by atomic mass is 9.89. The molecule has 0 spiro atoms. The normalized spacial score (nSPS) is 21.5. The standard InChI is InChI=1S/C22H25N5O2/c28-10-7-23-21-16-3-1-2-4-18(16)24-14-17(21)22-25-19-6-5-15(13-20(19)26-22)27-8-11-29-12-9-27/h1-6,13-14,17,21,23,28H,7-12H2,(H,25,26). The molecule has 2 unspecified atom stereocenters. The molecule has 0 bridgehead atoms. The van der Waals surface area contributed by atoms with E-state index >= 15 is 0 Å². The SMILES string of the molecule is OCCNC1c2ccccc2N=CC1c1nc2ccc(N3CCOCC3)cc2[nH]1. The number of rotatable bonds is 5. The van der Waals surface area contributed by atoms with Gasteiger partial charge in [-0.2, -0.15) is 0 Å². The van der Waals surface area contributed by atoms with E-state index in [0.29, 0.717) is 6.54 Å². The summed E-state index contributed by atoms with van der Waals surface area (Å²) in [5, 5.41) is 12.8. The maximum absolute atomic E-state index is 9.34. The van der Waals surface area contributed by atoms with Gasteiger partial charge >= 0.3 is 0 Å². The number of aromatic amines is 1. The van der Waals surface area contributed by atoms with E-state index in [1.54, 1.807) is 0 Å². The van der Waals surface area contributed by atoms with Gasteiger partial charge in [-0.15, -0.1) is 0 Å². The number of hydrogen-bond acceptors (Lipinski definition) is 6. The number of fused-ring (bicyclic) bond motifs is 2. The zero-order valence-electron chi connectivity index (χ0n) is 16.2. The van der Waals surface area contributed by atoms with Crippen LogP contribution in [0.2, 0.25) is 0 Å². The predicted octanol–water partition coefficient (Wildman–Crippen LogP) is 2.52. The third kappa shape index (κ3) is 3.53. The topological polar surface area (TPSA) is 85.8 Å². The molecule has 0 saturated carbocycles. The smallest absolute Gasteiger partial charge is 0.117 e. The molecule has 0 radical (unpaired) electrons. The van der Waals surface area contributed by atoms with Crippen LogP contribution < -0.4 is 10.2 Å². The fraction of sp³-hybridized carbons (Fsp3) is 0.364. The summed E-state index contributed by atoms with van der Waals surface area (Å²) in [6, 6.07) is 14.5. The number of para-hydroxylation sites is 1. The number of H-pyrrole nitrogens is 1. The van der Waals surface area contributed by atoms with Crippen molar-refractivity contribution >= 4 is 28.6 Å². The number of aromatic nitrogens is 2. The number of imidazole rings is 1. The van der Waals surface area contributed by atoms with Crippen molar-refractivity contribution in [3.63, 3.8) is 0 Å². The van der Waals surface area contributed by atoms with Gasteiger partial charge in [0, 0.05) is 37.6 Å². The molecule has 3 N–H and O–H groups in total. The minimum absolute atomic E-state index is 0.00938. The number of aliphatic imine (C=N–C) groups is 1. The van der Waals surface area contributed by atoms with Crippen LogP contribution in [0.25, 0.3) is 11.0 Å². The van der Waals surface area contributed by atoms with Crippen LogP contribution in [0.15, 0.2) is 47.5 Å². The molecular formula is C22H25N5O2. The number of hydrogen-bond donors (Lipinski definition) is 3. The Morgan fingerprint density at radius 3 is 2.90 bits per heavy atom. The highest BCUT2D eigenvalue weighted by atomic mass is 16.5. The molecule has 2 aliphatic rings. The van der Waals surface area contributed by atoms with Crippen molar-refractivity contribution in [2.24, 2.45) is 4.99 Å². The Balaban J connectivity index is 1.48. The van der Waals surface area contributed by atoms with Gasteiger partial charge in [0.15, 0.2) is 0 Å². The average Bonchev–Trinajstić information content (AvgIpc) is 3.21. The van der Waals surface area contributed by atoms with Gasteiger partial charge in [0.2, 0.25) is 0 Å². The molecule has 7 nitrogen and oxygen atoms in total. The van der Waals surface area contributed by atoms with Crippen molar-refractivity contribution in [1.29, 1.82) is 0 Å². The predicted molar refractivity (Wildman–Crippen MR) is 114 cm³/mol. The van der Waals surface area contributed by atoms with Crippen molar-refractivity contribution in [3.05, 3.63) is 53.9 Å². The van der Waals surface area contributed by atoms with E-state index in [9.17, 15) is 5.11 Å². The molecule has 2 aromatic carbocycles. The summed E-state index contributed by atoms with van der Waals surface area (Å²) >= 11 is 0. The van der Waals surface area contributed by atoms with Gasteiger partial charge in [0.25, 0.3) is 0 Å². The van der Waals surface area contributed by atoms with E-state index in [2.05, 4.69) is 44.5 Å². The first-order chi connectivity index (χ1) is 14.3. The Labute approximate surface area is 169 Å². The lowest BCUT2D eigenvalue weighted by molar-refractivity contribution is 0.122. The van der Waals surface area contributed by atoms with Crippen molar-refractivity contribution in [1.82, 2.24) is 15.3 Å². The highest BCUT2D eigenvalue weighted by Crippen LogP contribution is 2.38. The molecule has 1 fully saturated rings. The monoisotopic (exact) mass is 391 g/mol. The van der Waals surface area contributed by atoms with Crippen molar-refractivity contribution in [3.8, 4) is 0 Å². The summed E-state index contributed by atoms with van der Waals surface area (Å²) in [6.07, 6.45) is 1.96. The molecule has 2 aliphatic heterocycles. The summed E-state index contributed by atoms with van der Waals surface area (Å²) in [5.41, 5.74) is 5.25. The molecule has 29 heavy (non-hydrogen) atoms. The minimum atomic E-state index is -0.0318. The van der Waals surface area contributed by atoms with Crippen LogP contribution in [0.5, 0.6) is 0 Å². The number of nitrogens with one attached hydrogen (secondary N) is 2. The Hall–Kier alpha value is -2.74. The summed E-state index contributed by atoms with van der Waals surface area (Å²) in [6.45, 7) is 3.96.